The van der Waals surface area contributed by atoms with Crippen LogP contribution in [-0.4, -0.2) is 11.2 Å². The van der Waals surface area contributed by atoms with Crippen molar-refractivity contribution in [3.05, 3.63) is 23.8 Å². The van der Waals surface area contributed by atoms with E-state index in [9.17, 15) is 0 Å². The standard InChI is InChI=1S/C7H10O/c1-6-4-2-3-5-7(6)8/h3-5,7-8H,2H2,1H3/t7-/m1/s1. The van der Waals surface area contributed by atoms with Gasteiger partial charge in [0.2, 0.25) is 0 Å². The molecular weight excluding hydrogens is 100 g/mol. The summed E-state index contributed by atoms with van der Waals surface area (Å²) in [6.45, 7) is 1.94. The van der Waals surface area contributed by atoms with Gasteiger partial charge in [0.05, 0.1) is 6.10 Å². The van der Waals surface area contributed by atoms with Crippen molar-refractivity contribution in [1.82, 2.24) is 0 Å². The van der Waals surface area contributed by atoms with E-state index in [1.807, 2.05) is 25.2 Å². The van der Waals surface area contributed by atoms with Crippen molar-refractivity contribution in [2.24, 2.45) is 0 Å². The molecule has 1 aliphatic carbocycles. The SMILES string of the molecule is CC1=CCC=C[C@H]1O. The summed E-state index contributed by atoms with van der Waals surface area (Å²) in [5.41, 5.74) is 1.06. The first-order valence-corrected chi connectivity index (χ1v) is 2.82. The van der Waals surface area contributed by atoms with Crippen LogP contribution < -0.4 is 0 Å². The lowest BCUT2D eigenvalue weighted by molar-refractivity contribution is 0.257. The minimum absolute atomic E-state index is 0.316. The maximum atomic E-state index is 9.02. The van der Waals surface area contributed by atoms with E-state index in [0.717, 1.165) is 12.0 Å². The number of rotatable bonds is 0. The quantitative estimate of drug-likeness (QED) is 0.465. The van der Waals surface area contributed by atoms with Crippen LogP contribution in [0.4, 0.5) is 0 Å². The first kappa shape index (κ1) is 5.57. The number of hydrogen-bond donors (Lipinski definition) is 1. The lowest BCUT2D eigenvalue weighted by atomic mass is 10.1. The Labute approximate surface area is 49.3 Å². The van der Waals surface area contributed by atoms with Gasteiger partial charge in [-0.15, -0.1) is 0 Å². The fourth-order valence-corrected chi connectivity index (χ4v) is 0.734. The molecule has 0 aromatic heterocycles. The average Bonchev–Trinajstić information content (AvgIpc) is 1.77. The molecule has 0 heterocycles. The zero-order valence-electron chi connectivity index (χ0n) is 4.96. The van der Waals surface area contributed by atoms with Crippen LogP contribution in [-0.2, 0) is 0 Å². The Kier molecular flexibility index (Phi) is 1.49. The lowest BCUT2D eigenvalue weighted by Crippen LogP contribution is -2.05. The van der Waals surface area contributed by atoms with Crippen molar-refractivity contribution in [3.63, 3.8) is 0 Å². The third-order valence-corrected chi connectivity index (χ3v) is 1.36. The highest BCUT2D eigenvalue weighted by atomic mass is 16.3. The van der Waals surface area contributed by atoms with E-state index in [4.69, 9.17) is 5.11 Å². The Balaban J connectivity index is 2.63. The van der Waals surface area contributed by atoms with Crippen molar-refractivity contribution in [1.29, 1.82) is 0 Å². The van der Waals surface area contributed by atoms with Crippen LogP contribution in [0.1, 0.15) is 13.3 Å². The van der Waals surface area contributed by atoms with Crippen LogP contribution in [0, 0.1) is 0 Å². The molecule has 0 unspecified atom stereocenters. The van der Waals surface area contributed by atoms with Crippen LogP contribution in [0.5, 0.6) is 0 Å². The summed E-state index contributed by atoms with van der Waals surface area (Å²) in [4.78, 5) is 0. The Morgan fingerprint density at radius 1 is 1.75 bits per heavy atom. The van der Waals surface area contributed by atoms with Gasteiger partial charge in [0.15, 0.2) is 0 Å². The molecule has 1 rings (SSSR count). The number of aliphatic hydroxyl groups is 1. The molecular formula is C7H10O. The number of allylic oxidation sites excluding steroid dienone is 2. The van der Waals surface area contributed by atoms with Gasteiger partial charge in [-0.05, 0) is 18.9 Å². The maximum absolute atomic E-state index is 9.02. The molecule has 1 heteroatoms. The zero-order chi connectivity index (χ0) is 5.98. The van der Waals surface area contributed by atoms with Gasteiger partial charge in [0, 0.05) is 0 Å². The molecule has 0 saturated heterocycles. The molecule has 0 saturated carbocycles. The molecule has 1 atom stereocenters. The fourth-order valence-electron chi connectivity index (χ4n) is 0.734. The first-order chi connectivity index (χ1) is 3.80. The summed E-state index contributed by atoms with van der Waals surface area (Å²) in [6, 6.07) is 0. The molecule has 0 aromatic rings. The second-order valence-corrected chi connectivity index (χ2v) is 2.06. The Hall–Kier alpha value is -0.560. The third-order valence-electron chi connectivity index (χ3n) is 1.36. The predicted molar refractivity (Wildman–Crippen MR) is 33.5 cm³/mol. The van der Waals surface area contributed by atoms with E-state index in [-0.39, 0.29) is 6.10 Å². The molecule has 0 spiro atoms. The third kappa shape index (κ3) is 0.984. The molecule has 1 aliphatic rings. The molecule has 1 N–H and O–H groups in total. The van der Waals surface area contributed by atoms with Gasteiger partial charge in [-0.3, -0.25) is 0 Å². The molecule has 0 radical (unpaired) electrons. The summed E-state index contributed by atoms with van der Waals surface area (Å²) in [5, 5.41) is 9.02. The van der Waals surface area contributed by atoms with Gasteiger partial charge >= 0.3 is 0 Å². The smallest absolute Gasteiger partial charge is 0.0929 e. The van der Waals surface area contributed by atoms with Crippen molar-refractivity contribution < 1.29 is 5.11 Å². The Bertz CT molecular complexity index is 133. The molecule has 0 amide bonds. The summed E-state index contributed by atoms with van der Waals surface area (Å²) in [6.07, 6.45) is 6.48. The lowest BCUT2D eigenvalue weighted by Gasteiger charge is -2.08. The molecule has 8 heavy (non-hydrogen) atoms. The Morgan fingerprint density at radius 2 is 2.50 bits per heavy atom. The Morgan fingerprint density at radius 3 is 2.88 bits per heavy atom. The average molecular weight is 110 g/mol. The molecule has 0 bridgehead atoms. The van der Waals surface area contributed by atoms with Gasteiger partial charge in [-0.1, -0.05) is 18.2 Å². The normalized spacial score (nSPS) is 27.8. The minimum atomic E-state index is -0.316. The summed E-state index contributed by atoms with van der Waals surface area (Å²) >= 11 is 0. The minimum Gasteiger partial charge on any atom is -0.385 e. The summed E-state index contributed by atoms with van der Waals surface area (Å²) in [7, 11) is 0. The van der Waals surface area contributed by atoms with Gasteiger partial charge in [0.25, 0.3) is 0 Å². The van der Waals surface area contributed by atoms with E-state index < -0.39 is 0 Å². The molecule has 0 aromatic carbocycles. The zero-order valence-corrected chi connectivity index (χ0v) is 4.96. The maximum Gasteiger partial charge on any atom is 0.0929 e. The molecule has 1 nitrogen and oxygen atoms in total. The highest BCUT2D eigenvalue weighted by molar-refractivity contribution is 5.18. The second kappa shape index (κ2) is 2.14. The summed E-state index contributed by atoms with van der Waals surface area (Å²) < 4.78 is 0. The van der Waals surface area contributed by atoms with Crippen molar-refractivity contribution in [3.8, 4) is 0 Å². The molecule has 0 aliphatic heterocycles. The largest absolute Gasteiger partial charge is 0.385 e. The predicted octanol–water partition coefficient (Wildman–Crippen LogP) is 1.25. The van der Waals surface area contributed by atoms with Crippen molar-refractivity contribution >= 4 is 0 Å². The van der Waals surface area contributed by atoms with E-state index in [2.05, 4.69) is 0 Å². The monoisotopic (exact) mass is 110 g/mol. The van der Waals surface area contributed by atoms with Gasteiger partial charge in [-0.25, -0.2) is 0 Å². The topological polar surface area (TPSA) is 20.2 Å². The van der Waals surface area contributed by atoms with E-state index in [1.165, 1.54) is 0 Å². The number of hydrogen-bond acceptors (Lipinski definition) is 1. The van der Waals surface area contributed by atoms with Gasteiger partial charge in [0.1, 0.15) is 0 Å². The van der Waals surface area contributed by atoms with Crippen molar-refractivity contribution in [2.45, 2.75) is 19.4 Å². The van der Waals surface area contributed by atoms with E-state index in [0.29, 0.717) is 0 Å². The first-order valence-electron chi connectivity index (χ1n) is 2.82. The summed E-state index contributed by atoms with van der Waals surface area (Å²) in [5.74, 6) is 0. The van der Waals surface area contributed by atoms with Crippen LogP contribution in [0.3, 0.4) is 0 Å². The second-order valence-electron chi connectivity index (χ2n) is 2.06. The highest BCUT2D eigenvalue weighted by Gasteiger charge is 2.02. The van der Waals surface area contributed by atoms with Crippen molar-refractivity contribution in [2.75, 3.05) is 0 Å². The highest BCUT2D eigenvalue weighted by Crippen LogP contribution is 2.09. The molecule has 0 fully saturated rings. The molecule has 44 valence electrons. The van der Waals surface area contributed by atoms with E-state index in [1.54, 1.807) is 0 Å². The van der Waals surface area contributed by atoms with Gasteiger partial charge in [-0.2, -0.15) is 0 Å². The van der Waals surface area contributed by atoms with Crippen LogP contribution in [0.15, 0.2) is 23.8 Å². The van der Waals surface area contributed by atoms with Gasteiger partial charge < -0.3 is 5.11 Å². The van der Waals surface area contributed by atoms with E-state index >= 15 is 0 Å². The number of aliphatic hydroxyl groups excluding tert-OH is 1. The van der Waals surface area contributed by atoms with Crippen LogP contribution in [0.25, 0.3) is 0 Å². The van der Waals surface area contributed by atoms with Crippen LogP contribution >= 0.6 is 0 Å². The fraction of sp³-hybridized carbons (Fsp3) is 0.429. The van der Waals surface area contributed by atoms with Crippen LogP contribution in [0.2, 0.25) is 0 Å².